The van der Waals surface area contributed by atoms with Gasteiger partial charge in [0, 0.05) is 19.6 Å². The van der Waals surface area contributed by atoms with Gasteiger partial charge in [0.15, 0.2) is 0 Å². The van der Waals surface area contributed by atoms with Crippen molar-refractivity contribution in [3.8, 4) is 0 Å². The third-order valence-corrected chi connectivity index (χ3v) is 4.97. The minimum absolute atomic E-state index is 0.0918. The van der Waals surface area contributed by atoms with E-state index in [9.17, 15) is 9.18 Å². The molecule has 1 aliphatic heterocycles. The number of carbonyl (C=O) groups excluding carboxylic acids is 1. The van der Waals surface area contributed by atoms with Crippen LogP contribution in [0.5, 0.6) is 0 Å². The van der Waals surface area contributed by atoms with E-state index >= 15 is 0 Å². The predicted molar refractivity (Wildman–Crippen MR) is 104 cm³/mol. The molecule has 1 atom stereocenters. The molecule has 6 nitrogen and oxygen atoms in total. The van der Waals surface area contributed by atoms with Crippen LogP contribution in [0, 0.1) is 5.82 Å². The van der Waals surface area contributed by atoms with Gasteiger partial charge in [-0.15, -0.1) is 0 Å². The quantitative estimate of drug-likeness (QED) is 0.689. The SMILES string of the molecule is O=C(NCCCn1cnc2ccccc21)N1CCOC(c2ccc(F)cc2)C1. The lowest BCUT2D eigenvalue weighted by molar-refractivity contribution is -0.0154. The molecule has 7 heteroatoms. The second-order valence-electron chi connectivity index (χ2n) is 6.87. The lowest BCUT2D eigenvalue weighted by Gasteiger charge is -2.33. The number of ether oxygens (including phenoxy) is 1. The standard InChI is InChI=1S/C21H23FN4O2/c22-17-8-6-16(7-9-17)20-14-25(12-13-28-20)21(27)23-10-3-11-26-15-24-18-4-1-2-5-19(18)26/h1-2,4-9,15,20H,3,10-14H2,(H,23,27). The fourth-order valence-corrected chi connectivity index (χ4v) is 3.46. The number of amides is 2. The number of aryl methyl sites for hydroxylation is 1. The highest BCUT2D eigenvalue weighted by molar-refractivity contribution is 5.75. The predicted octanol–water partition coefficient (Wildman–Crippen LogP) is 3.35. The summed E-state index contributed by atoms with van der Waals surface area (Å²) in [5.74, 6) is -0.278. The number of morpholine rings is 1. The molecule has 0 spiro atoms. The minimum atomic E-state index is -0.278. The molecule has 1 unspecified atom stereocenters. The van der Waals surface area contributed by atoms with Crippen LogP contribution in [0.3, 0.4) is 0 Å². The Morgan fingerprint density at radius 3 is 2.89 bits per heavy atom. The highest BCUT2D eigenvalue weighted by atomic mass is 19.1. The molecule has 28 heavy (non-hydrogen) atoms. The smallest absolute Gasteiger partial charge is 0.317 e. The summed E-state index contributed by atoms with van der Waals surface area (Å²) in [5, 5.41) is 2.98. The molecule has 0 saturated carbocycles. The number of fused-ring (bicyclic) bond motifs is 1. The fraction of sp³-hybridized carbons (Fsp3) is 0.333. The monoisotopic (exact) mass is 382 g/mol. The van der Waals surface area contributed by atoms with Crippen molar-refractivity contribution in [1.82, 2.24) is 19.8 Å². The number of carbonyl (C=O) groups is 1. The molecule has 3 aromatic rings. The molecule has 2 aromatic carbocycles. The summed E-state index contributed by atoms with van der Waals surface area (Å²) in [6.45, 7) is 2.86. The summed E-state index contributed by atoms with van der Waals surface area (Å²) in [6, 6.07) is 14.2. The lowest BCUT2D eigenvalue weighted by Crippen LogP contribution is -2.47. The first-order chi connectivity index (χ1) is 13.7. The maximum atomic E-state index is 13.1. The second-order valence-corrected chi connectivity index (χ2v) is 6.87. The first-order valence-corrected chi connectivity index (χ1v) is 9.50. The molecule has 1 aromatic heterocycles. The maximum Gasteiger partial charge on any atom is 0.317 e. The average molecular weight is 382 g/mol. The first-order valence-electron chi connectivity index (χ1n) is 9.50. The zero-order valence-corrected chi connectivity index (χ0v) is 15.6. The Balaban J connectivity index is 1.26. The van der Waals surface area contributed by atoms with E-state index in [1.54, 1.807) is 17.0 Å². The van der Waals surface area contributed by atoms with E-state index in [1.165, 1.54) is 12.1 Å². The molecule has 2 heterocycles. The zero-order valence-electron chi connectivity index (χ0n) is 15.6. The number of hydrogen-bond acceptors (Lipinski definition) is 3. The van der Waals surface area contributed by atoms with E-state index in [2.05, 4.69) is 14.9 Å². The number of halogens is 1. The van der Waals surface area contributed by atoms with Crippen molar-refractivity contribution in [2.75, 3.05) is 26.2 Å². The normalized spacial score (nSPS) is 17.0. The number of para-hydroxylation sites is 2. The Morgan fingerprint density at radius 2 is 2.04 bits per heavy atom. The maximum absolute atomic E-state index is 13.1. The lowest BCUT2D eigenvalue weighted by atomic mass is 10.1. The van der Waals surface area contributed by atoms with Crippen LogP contribution in [0.4, 0.5) is 9.18 Å². The number of nitrogens with one attached hydrogen (secondary N) is 1. The van der Waals surface area contributed by atoms with Gasteiger partial charge in [0.2, 0.25) is 0 Å². The number of imidazole rings is 1. The summed E-state index contributed by atoms with van der Waals surface area (Å²) in [7, 11) is 0. The molecule has 2 amide bonds. The number of benzene rings is 2. The molecular formula is C21H23FN4O2. The molecular weight excluding hydrogens is 359 g/mol. The summed E-state index contributed by atoms with van der Waals surface area (Å²) in [5.41, 5.74) is 2.96. The van der Waals surface area contributed by atoms with Crippen molar-refractivity contribution < 1.29 is 13.9 Å². The molecule has 4 rings (SSSR count). The van der Waals surface area contributed by atoms with Crippen LogP contribution in [-0.2, 0) is 11.3 Å². The van der Waals surface area contributed by atoms with E-state index < -0.39 is 0 Å². The van der Waals surface area contributed by atoms with E-state index in [0.29, 0.717) is 26.2 Å². The fourth-order valence-electron chi connectivity index (χ4n) is 3.46. The molecule has 1 fully saturated rings. The average Bonchev–Trinajstić information content (AvgIpc) is 3.15. The Labute approximate surface area is 162 Å². The zero-order chi connectivity index (χ0) is 19.3. The highest BCUT2D eigenvalue weighted by Gasteiger charge is 2.25. The van der Waals surface area contributed by atoms with Gasteiger partial charge in [-0.2, -0.15) is 0 Å². The number of hydrogen-bond donors (Lipinski definition) is 1. The Bertz CT molecular complexity index is 941. The Morgan fingerprint density at radius 1 is 1.21 bits per heavy atom. The van der Waals surface area contributed by atoms with E-state index in [4.69, 9.17) is 4.74 Å². The van der Waals surface area contributed by atoms with Gasteiger partial charge in [-0.3, -0.25) is 0 Å². The molecule has 1 saturated heterocycles. The first kappa shape index (κ1) is 18.4. The van der Waals surface area contributed by atoms with Gasteiger partial charge >= 0.3 is 6.03 Å². The Kier molecular flexibility index (Phi) is 5.53. The molecule has 1 N–H and O–H groups in total. The van der Waals surface area contributed by atoms with Crippen molar-refractivity contribution in [2.45, 2.75) is 19.1 Å². The van der Waals surface area contributed by atoms with Crippen molar-refractivity contribution in [3.63, 3.8) is 0 Å². The summed E-state index contributed by atoms with van der Waals surface area (Å²) < 4.78 is 20.9. The third kappa shape index (κ3) is 4.14. The van der Waals surface area contributed by atoms with Crippen molar-refractivity contribution in [2.24, 2.45) is 0 Å². The van der Waals surface area contributed by atoms with Gasteiger partial charge < -0.3 is 19.5 Å². The minimum Gasteiger partial charge on any atom is -0.370 e. The molecule has 0 radical (unpaired) electrons. The van der Waals surface area contributed by atoms with Gasteiger partial charge in [-0.25, -0.2) is 14.2 Å². The number of urea groups is 1. The van der Waals surface area contributed by atoms with Crippen molar-refractivity contribution in [3.05, 3.63) is 66.2 Å². The molecule has 0 aliphatic carbocycles. The number of rotatable bonds is 5. The largest absolute Gasteiger partial charge is 0.370 e. The van der Waals surface area contributed by atoms with E-state index in [0.717, 1.165) is 29.6 Å². The summed E-state index contributed by atoms with van der Waals surface area (Å²) in [6.07, 6.45) is 2.43. The Hall–Kier alpha value is -2.93. The highest BCUT2D eigenvalue weighted by Crippen LogP contribution is 2.22. The van der Waals surface area contributed by atoms with Crippen LogP contribution >= 0.6 is 0 Å². The number of aromatic nitrogens is 2. The van der Waals surface area contributed by atoms with Crippen LogP contribution in [0.1, 0.15) is 18.1 Å². The molecule has 146 valence electrons. The van der Waals surface area contributed by atoms with Crippen molar-refractivity contribution in [1.29, 1.82) is 0 Å². The van der Waals surface area contributed by atoms with Crippen LogP contribution in [0.25, 0.3) is 11.0 Å². The molecule has 1 aliphatic rings. The van der Waals surface area contributed by atoms with E-state index in [-0.39, 0.29) is 18.0 Å². The van der Waals surface area contributed by atoms with Crippen molar-refractivity contribution >= 4 is 17.1 Å². The number of nitrogens with zero attached hydrogens (tertiary/aromatic N) is 3. The van der Waals surface area contributed by atoms with Crippen LogP contribution in [0.2, 0.25) is 0 Å². The van der Waals surface area contributed by atoms with Gasteiger partial charge in [0.1, 0.15) is 11.9 Å². The topological polar surface area (TPSA) is 59.4 Å². The van der Waals surface area contributed by atoms with E-state index in [1.807, 2.05) is 30.6 Å². The molecule has 0 bridgehead atoms. The van der Waals surface area contributed by atoms with Gasteiger partial charge in [0.25, 0.3) is 0 Å². The van der Waals surface area contributed by atoms with Gasteiger partial charge in [0.05, 0.1) is 30.5 Å². The van der Waals surface area contributed by atoms with Crippen LogP contribution in [-0.4, -0.2) is 46.7 Å². The van der Waals surface area contributed by atoms with Gasteiger partial charge in [-0.1, -0.05) is 24.3 Å². The van der Waals surface area contributed by atoms with Crippen LogP contribution in [0.15, 0.2) is 54.9 Å². The second kappa shape index (κ2) is 8.39. The summed E-state index contributed by atoms with van der Waals surface area (Å²) in [4.78, 5) is 18.6. The summed E-state index contributed by atoms with van der Waals surface area (Å²) >= 11 is 0. The van der Waals surface area contributed by atoms with Gasteiger partial charge in [-0.05, 0) is 36.2 Å². The van der Waals surface area contributed by atoms with Crippen LogP contribution < -0.4 is 5.32 Å². The third-order valence-electron chi connectivity index (χ3n) is 4.97.